The SMILES string of the molecule is CNC(=O)c1ccccc1Nc1nc(Nc2ccc(CCN3CCNCC3)c(F)c2)ncc1C(F)(F)F. The molecule has 0 bridgehead atoms. The minimum atomic E-state index is -4.75. The van der Waals surface area contributed by atoms with E-state index in [9.17, 15) is 22.4 Å². The summed E-state index contributed by atoms with van der Waals surface area (Å²) in [6, 6.07) is 10.6. The number of carbonyl (C=O) groups is 1. The molecule has 3 aromatic rings. The lowest BCUT2D eigenvalue weighted by Crippen LogP contribution is -2.44. The molecule has 0 aliphatic carbocycles. The van der Waals surface area contributed by atoms with Gasteiger partial charge in [-0.25, -0.2) is 9.37 Å². The molecule has 0 atom stereocenters. The summed E-state index contributed by atoms with van der Waals surface area (Å²) in [5.41, 5.74) is 0.00582. The van der Waals surface area contributed by atoms with Crippen LogP contribution < -0.4 is 21.3 Å². The van der Waals surface area contributed by atoms with Crippen molar-refractivity contribution in [3.63, 3.8) is 0 Å². The molecule has 0 radical (unpaired) electrons. The van der Waals surface area contributed by atoms with E-state index in [1.165, 1.54) is 25.2 Å². The molecule has 37 heavy (non-hydrogen) atoms. The topological polar surface area (TPSA) is 94.2 Å². The molecule has 0 spiro atoms. The second-order valence-electron chi connectivity index (χ2n) is 8.48. The average molecular weight is 518 g/mol. The summed E-state index contributed by atoms with van der Waals surface area (Å²) in [6.45, 7) is 4.38. The minimum absolute atomic E-state index is 0.136. The molecule has 1 fully saturated rings. The van der Waals surface area contributed by atoms with Gasteiger partial charge in [0.2, 0.25) is 5.95 Å². The molecule has 1 aliphatic heterocycles. The number of nitrogens with zero attached hydrogens (tertiary/aromatic N) is 3. The number of hydrogen-bond donors (Lipinski definition) is 4. The van der Waals surface area contributed by atoms with Crippen molar-refractivity contribution in [3.8, 4) is 0 Å². The maximum atomic E-state index is 14.7. The third-order valence-electron chi connectivity index (χ3n) is 5.96. The van der Waals surface area contributed by atoms with Gasteiger partial charge in [-0.2, -0.15) is 18.2 Å². The van der Waals surface area contributed by atoms with Crippen LogP contribution in [0.1, 0.15) is 21.5 Å². The fourth-order valence-electron chi connectivity index (χ4n) is 3.97. The number of rotatable bonds is 8. The molecule has 1 saturated heterocycles. The molecule has 8 nitrogen and oxygen atoms in total. The van der Waals surface area contributed by atoms with E-state index in [1.807, 2.05) is 0 Å². The average Bonchev–Trinajstić information content (AvgIpc) is 2.88. The Morgan fingerprint density at radius 1 is 1.11 bits per heavy atom. The van der Waals surface area contributed by atoms with E-state index in [0.29, 0.717) is 23.9 Å². The summed E-state index contributed by atoms with van der Waals surface area (Å²) in [6.07, 6.45) is -3.57. The van der Waals surface area contributed by atoms with Crippen LogP contribution in [0.2, 0.25) is 0 Å². The van der Waals surface area contributed by atoms with Crippen LogP contribution in [0.15, 0.2) is 48.7 Å². The second-order valence-corrected chi connectivity index (χ2v) is 8.48. The maximum Gasteiger partial charge on any atom is 0.421 e. The lowest BCUT2D eigenvalue weighted by atomic mass is 10.1. The monoisotopic (exact) mass is 517 g/mol. The Labute approximate surface area is 211 Å². The van der Waals surface area contributed by atoms with Gasteiger partial charge in [-0.3, -0.25) is 4.79 Å². The molecular formula is C25H27F4N7O. The van der Waals surface area contributed by atoms with Crippen LogP contribution in [0.3, 0.4) is 0 Å². The Bertz CT molecular complexity index is 1250. The normalized spacial score (nSPS) is 14.3. The smallest absolute Gasteiger partial charge is 0.355 e. The van der Waals surface area contributed by atoms with Gasteiger partial charge in [0, 0.05) is 51.7 Å². The van der Waals surface area contributed by atoms with E-state index in [-0.39, 0.29) is 17.2 Å². The highest BCUT2D eigenvalue weighted by molar-refractivity contribution is 6.00. The van der Waals surface area contributed by atoms with E-state index in [1.54, 1.807) is 24.3 Å². The molecule has 2 heterocycles. The number of anilines is 4. The molecule has 4 N–H and O–H groups in total. The first kappa shape index (κ1) is 26.3. The number of amides is 1. The van der Waals surface area contributed by atoms with Gasteiger partial charge in [0.05, 0.1) is 11.3 Å². The number of piperazine rings is 1. The van der Waals surface area contributed by atoms with Crippen LogP contribution in [0.4, 0.5) is 40.7 Å². The highest BCUT2D eigenvalue weighted by Gasteiger charge is 2.35. The zero-order valence-electron chi connectivity index (χ0n) is 20.1. The summed E-state index contributed by atoms with van der Waals surface area (Å²) in [7, 11) is 1.42. The first-order valence-electron chi connectivity index (χ1n) is 11.8. The number of carbonyl (C=O) groups excluding carboxylic acids is 1. The Morgan fingerprint density at radius 3 is 2.57 bits per heavy atom. The standard InChI is InChI=1S/C25H27F4N7O/c1-30-23(37)18-4-2-3-5-21(18)34-22-19(25(27,28)29)15-32-24(35-22)33-17-7-6-16(20(26)14-17)8-11-36-12-9-31-10-13-36/h2-7,14-15,31H,8-13H2,1H3,(H,30,37)(H2,32,33,34,35). The Morgan fingerprint density at radius 2 is 1.86 bits per heavy atom. The molecular weight excluding hydrogens is 490 g/mol. The first-order chi connectivity index (χ1) is 17.7. The molecule has 2 aromatic carbocycles. The van der Waals surface area contributed by atoms with E-state index in [2.05, 4.69) is 36.1 Å². The van der Waals surface area contributed by atoms with Gasteiger partial charge in [0.25, 0.3) is 5.91 Å². The highest BCUT2D eigenvalue weighted by Crippen LogP contribution is 2.36. The quantitative estimate of drug-likeness (QED) is 0.337. The van der Waals surface area contributed by atoms with E-state index in [0.717, 1.165) is 32.7 Å². The van der Waals surface area contributed by atoms with Crippen LogP contribution >= 0.6 is 0 Å². The lowest BCUT2D eigenvalue weighted by Gasteiger charge is -2.27. The van der Waals surface area contributed by atoms with Crippen molar-refractivity contribution in [2.45, 2.75) is 12.6 Å². The molecule has 0 unspecified atom stereocenters. The third kappa shape index (κ3) is 6.71. The van der Waals surface area contributed by atoms with Gasteiger partial charge in [-0.05, 0) is 36.2 Å². The predicted octanol–water partition coefficient (Wildman–Crippen LogP) is 3.93. The minimum Gasteiger partial charge on any atom is -0.355 e. The molecule has 12 heteroatoms. The zero-order valence-corrected chi connectivity index (χ0v) is 20.1. The maximum absolute atomic E-state index is 14.7. The highest BCUT2D eigenvalue weighted by atomic mass is 19.4. The van der Waals surface area contributed by atoms with Crippen LogP contribution in [-0.4, -0.2) is 60.5 Å². The van der Waals surface area contributed by atoms with Crippen LogP contribution in [0.25, 0.3) is 0 Å². The number of alkyl halides is 3. The summed E-state index contributed by atoms with van der Waals surface area (Å²) in [5.74, 6) is -1.61. The van der Waals surface area contributed by atoms with Gasteiger partial charge in [-0.1, -0.05) is 18.2 Å². The summed E-state index contributed by atoms with van der Waals surface area (Å²) in [4.78, 5) is 22.2. The molecule has 0 saturated carbocycles. The summed E-state index contributed by atoms with van der Waals surface area (Å²) >= 11 is 0. The van der Waals surface area contributed by atoms with Crippen molar-refractivity contribution < 1.29 is 22.4 Å². The Hall–Kier alpha value is -3.77. The predicted molar refractivity (Wildman–Crippen MR) is 133 cm³/mol. The number of hydrogen-bond acceptors (Lipinski definition) is 7. The van der Waals surface area contributed by atoms with Gasteiger partial charge in [0.15, 0.2) is 0 Å². The van der Waals surface area contributed by atoms with Gasteiger partial charge < -0.3 is 26.2 Å². The van der Waals surface area contributed by atoms with E-state index in [4.69, 9.17) is 0 Å². The van der Waals surface area contributed by atoms with Crippen molar-refractivity contribution in [1.29, 1.82) is 0 Å². The van der Waals surface area contributed by atoms with E-state index >= 15 is 0 Å². The number of halogens is 4. The largest absolute Gasteiger partial charge is 0.421 e. The fraction of sp³-hybridized carbons (Fsp3) is 0.320. The molecule has 4 rings (SSSR count). The van der Waals surface area contributed by atoms with Crippen molar-refractivity contribution in [2.24, 2.45) is 0 Å². The zero-order chi connectivity index (χ0) is 26.4. The van der Waals surface area contributed by atoms with Crippen LogP contribution in [0.5, 0.6) is 0 Å². The van der Waals surface area contributed by atoms with Gasteiger partial charge in [0.1, 0.15) is 17.2 Å². The molecule has 196 valence electrons. The molecule has 1 aliphatic rings. The number of nitrogens with one attached hydrogen (secondary N) is 4. The second kappa shape index (κ2) is 11.5. The summed E-state index contributed by atoms with van der Waals surface area (Å²) in [5, 5.41) is 11.1. The Kier molecular flexibility index (Phi) is 8.19. The van der Waals surface area contributed by atoms with Crippen molar-refractivity contribution >= 4 is 29.0 Å². The number of benzene rings is 2. The summed E-state index contributed by atoms with van der Waals surface area (Å²) < 4.78 is 55.7. The first-order valence-corrected chi connectivity index (χ1v) is 11.8. The number of para-hydroxylation sites is 1. The van der Waals surface area contributed by atoms with Crippen LogP contribution in [-0.2, 0) is 12.6 Å². The lowest BCUT2D eigenvalue weighted by molar-refractivity contribution is -0.137. The van der Waals surface area contributed by atoms with Crippen molar-refractivity contribution in [1.82, 2.24) is 25.5 Å². The molecule has 1 amide bonds. The van der Waals surface area contributed by atoms with E-state index < -0.39 is 29.3 Å². The number of aromatic nitrogens is 2. The Balaban J connectivity index is 1.54. The fourth-order valence-corrected chi connectivity index (χ4v) is 3.97. The molecule has 1 aromatic heterocycles. The van der Waals surface area contributed by atoms with Crippen molar-refractivity contribution in [2.75, 3.05) is 50.4 Å². The van der Waals surface area contributed by atoms with Gasteiger partial charge >= 0.3 is 6.18 Å². The van der Waals surface area contributed by atoms with Crippen LogP contribution in [0, 0.1) is 5.82 Å². The van der Waals surface area contributed by atoms with Crippen molar-refractivity contribution in [3.05, 3.63) is 71.2 Å². The van der Waals surface area contributed by atoms with Gasteiger partial charge in [-0.15, -0.1) is 0 Å². The third-order valence-corrected chi connectivity index (χ3v) is 5.96.